The summed E-state index contributed by atoms with van der Waals surface area (Å²) in [6.07, 6.45) is 1.55. The van der Waals surface area contributed by atoms with Crippen LogP contribution in [-0.2, 0) is 4.79 Å². The van der Waals surface area contributed by atoms with Crippen molar-refractivity contribution in [2.75, 3.05) is 5.75 Å². The number of thiocarbonyl (C=S) groups is 1. The lowest BCUT2D eigenvalue weighted by molar-refractivity contribution is -0.123. The van der Waals surface area contributed by atoms with E-state index in [1.165, 1.54) is 16.8 Å². The highest BCUT2D eigenvalue weighted by Gasteiger charge is 2.25. The number of carbonyl (C=O) groups excluding carboxylic acids is 1. The molecule has 1 amide bonds. The van der Waals surface area contributed by atoms with E-state index in [9.17, 15) is 4.79 Å². The lowest BCUT2D eigenvalue weighted by Gasteiger charge is -2.04. The Morgan fingerprint density at radius 3 is 3.00 bits per heavy atom. The van der Waals surface area contributed by atoms with Crippen molar-refractivity contribution in [2.24, 2.45) is 5.10 Å². The molecule has 0 aliphatic carbocycles. The highest BCUT2D eigenvalue weighted by molar-refractivity contribution is 8.23. The molecule has 1 aliphatic rings. The van der Waals surface area contributed by atoms with E-state index in [-0.39, 0.29) is 5.91 Å². The van der Waals surface area contributed by atoms with Crippen LogP contribution < -0.4 is 0 Å². The number of hydrogen-bond acceptors (Lipinski definition) is 4. The first-order valence-electron chi connectivity index (χ1n) is 2.74. The van der Waals surface area contributed by atoms with Crippen LogP contribution in [0, 0.1) is 0 Å². The summed E-state index contributed by atoms with van der Waals surface area (Å²) in [5.41, 5.74) is 0. The number of hydrazone groups is 1. The molecule has 0 spiro atoms. The maximum absolute atomic E-state index is 10.9. The maximum atomic E-state index is 10.9. The predicted molar refractivity (Wildman–Crippen MR) is 46.1 cm³/mol. The molecule has 0 N–H and O–H groups in total. The second-order valence-corrected chi connectivity index (χ2v) is 3.24. The second-order valence-electron chi connectivity index (χ2n) is 1.63. The molecule has 0 saturated carbocycles. The highest BCUT2D eigenvalue weighted by atomic mass is 32.2. The van der Waals surface area contributed by atoms with Crippen LogP contribution in [0.25, 0.3) is 0 Å². The normalized spacial score (nSPS) is 19.5. The molecule has 54 valence electrons. The summed E-state index contributed by atoms with van der Waals surface area (Å²) < 4.78 is 0.545. The van der Waals surface area contributed by atoms with Crippen molar-refractivity contribution in [3.63, 3.8) is 0 Å². The molecule has 10 heavy (non-hydrogen) atoms. The van der Waals surface area contributed by atoms with E-state index in [0.717, 1.165) is 0 Å². The summed E-state index contributed by atoms with van der Waals surface area (Å²) in [5, 5.41) is 5.03. The van der Waals surface area contributed by atoms with Gasteiger partial charge in [0.2, 0.25) is 0 Å². The molecule has 0 atom stereocenters. The van der Waals surface area contributed by atoms with Crippen molar-refractivity contribution >= 4 is 40.4 Å². The molecular weight excluding hydrogens is 168 g/mol. The molecule has 1 fully saturated rings. The van der Waals surface area contributed by atoms with Crippen LogP contribution >= 0.6 is 24.0 Å². The van der Waals surface area contributed by atoms with Crippen molar-refractivity contribution in [3.8, 4) is 0 Å². The minimum absolute atomic E-state index is 0.0342. The third kappa shape index (κ3) is 1.35. The van der Waals surface area contributed by atoms with Crippen LogP contribution in [0.3, 0.4) is 0 Å². The Balaban J connectivity index is 2.72. The smallest absolute Gasteiger partial charge is 0.259 e. The summed E-state index contributed by atoms with van der Waals surface area (Å²) in [6, 6.07) is 0. The molecule has 0 bridgehead atoms. The van der Waals surface area contributed by atoms with Crippen molar-refractivity contribution in [1.82, 2.24) is 5.01 Å². The van der Waals surface area contributed by atoms with Crippen LogP contribution in [0.2, 0.25) is 0 Å². The molecule has 0 aromatic carbocycles. The Morgan fingerprint density at radius 1 is 1.90 bits per heavy atom. The molecule has 1 heterocycles. The summed E-state index contributed by atoms with van der Waals surface area (Å²) in [7, 11) is 0. The Labute approximate surface area is 68.5 Å². The summed E-state index contributed by atoms with van der Waals surface area (Å²) >= 11 is 6.18. The molecule has 1 aliphatic heterocycles. The summed E-state index contributed by atoms with van der Waals surface area (Å²) in [5.74, 6) is 0.393. The molecule has 0 aromatic heterocycles. The first-order valence-corrected chi connectivity index (χ1v) is 4.13. The number of thioether (sulfide) groups is 1. The van der Waals surface area contributed by atoms with Gasteiger partial charge in [0.05, 0.1) is 5.75 Å². The van der Waals surface area contributed by atoms with Crippen LogP contribution in [-0.4, -0.2) is 27.2 Å². The molecular formula is C5H6N2OS2. The van der Waals surface area contributed by atoms with Crippen molar-refractivity contribution in [1.29, 1.82) is 0 Å². The highest BCUT2D eigenvalue weighted by Crippen LogP contribution is 2.18. The fourth-order valence-electron chi connectivity index (χ4n) is 0.575. The quantitative estimate of drug-likeness (QED) is 0.436. The van der Waals surface area contributed by atoms with Gasteiger partial charge in [-0.25, -0.2) is 0 Å². The van der Waals surface area contributed by atoms with Gasteiger partial charge >= 0.3 is 0 Å². The van der Waals surface area contributed by atoms with Gasteiger partial charge in [0.1, 0.15) is 0 Å². The third-order valence-electron chi connectivity index (χ3n) is 0.959. The van der Waals surface area contributed by atoms with Gasteiger partial charge in [0, 0.05) is 6.21 Å². The lowest BCUT2D eigenvalue weighted by atomic mass is 10.7. The molecule has 1 rings (SSSR count). The zero-order valence-corrected chi connectivity index (χ0v) is 7.04. The monoisotopic (exact) mass is 174 g/mol. The Kier molecular flexibility index (Phi) is 2.39. The van der Waals surface area contributed by atoms with E-state index in [4.69, 9.17) is 12.2 Å². The fourth-order valence-corrected chi connectivity index (χ4v) is 1.54. The fraction of sp³-hybridized carbons (Fsp3) is 0.400. The van der Waals surface area contributed by atoms with Crippen LogP contribution in [0.4, 0.5) is 0 Å². The van der Waals surface area contributed by atoms with Crippen molar-refractivity contribution in [3.05, 3.63) is 0 Å². The molecule has 1 saturated heterocycles. The van der Waals surface area contributed by atoms with Crippen LogP contribution in [0.5, 0.6) is 0 Å². The zero-order chi connectivity index (χ0) is 7.56. The number of nitrogens with zero attached hydrogens (tertiary/aromatic N) is 2. The number of rotatable bonds is 1. The summed E-state index contributed by atoms with van der Waals surface area (Å²) in [4.78, 5) is 10.9. The second kappa shape index (κ2) is 3.12. The summed E-state index contributed by atoms with van der Waals surface area (Å²) in [6.45, 7) is 1.75. The van der Waals surface area contributed by atoms with Gasteiger partial charge in [-0.05, 0) is 6.92 Å². The number of hydrogen-bond donors (Lipinski definition) is 0. The van der Waals surface area contributed by atoms with Crippen molar-refractivity contribution in [2.45, 2.75) is 6.92 Å². The minimum atomic E-state index is -0.0342. The molecule has 0 aromatic rings. The van der Waals surface area contributed by atoms with Gasteiger partial charge in [-0.3, -0.25) is 4.79 Å². The van der Waals surface area contributed by atoms with E-state index in [1.54, 1.807) is 13.1 Å². The first kappa shape index (κ1) is 7.68. The third-order valence-corrected chi connectivity index (χ3v) is 2.30. The lowest BCUT2D eigenvalue weighted by Crippen LogP contribution is -2.22. The standard InChI is InChI=1S/C5H6N2OS2/c1-2-6-7-4(8)3-10-5(7)9/h2H,3H2,1H3/b6-2+. The Morgan fingerprint density at radius 2 is 2.60 bits per heavy atom. The average molecular weight is 174 g/mol. The van der Waals surface area contributed by atoms with E-state index in [2.05, 4.69) is 5.10 Å². The average Bonchev–Trinajstić information content (AvgIpc) is 2.20. The zero-order valence-electron chi connectivity index (χ0n) is 5.40. The van der Waals surface area contributed by atoms with Crippen LogP contribution in [0.1, 0.15) is 6.92 Å². The van der Waals surface area contributed by atoms with E-state index >= 15 is 0 Å². The maximum Gasteiger partial charge on any atom is 0.259 e. The Bertz CT molecular complexity index is 186. The van der Waals surface area contributed by atoms with Gasteiger partial charge in [0.25, 0.3) is 5.91 Å². The van der Waals surface area contributed by atoms with Gasteiger partial charge in [0.15, 0.2) is 4.32 Å². The molecule has 0 unspecified atom stereocenters. The van der Waals surface area contributed by atoms with E-state index in [0.29, 0.717) is 10.1 Å². The minimum Gasteiger partial charge on any atom is -0.272 e. The number of carbonyl (C=O) groups is 1. The van der Waals surface area contributed by atoms with E-state index < -0.39 is 0 Å². The largest absolute Gasteiger partial charge is 0.272 e. The Hall–Kier alpha value is -0.420. The van der Waals surface area contributed by atoms with Gasteiger partial charge in [-0.1, -0.05) is 24.0 Å². The van der Waals surface area contributed by atoms with Crippen LogP contribution in [0.15, 0.2) is 5.10 Å². The molecule has 3 nitrogen and oxygen atoms in total. The SMILES string of the molecule is C/C=N/N1C(=O)CSC1=S. The topological polar surface area (TPSA) is 32.7 Å². The first-order chi connectivity index (χ1) is 4.75. The molecule has 5 heteroatoms. The van der Waals surface area contributed by atoms with Crippen molar-refractivity contribution < 1.29 is 4.79 Å². The van der Waals surface area contributed by atoms with E-state index in [1.807, 2.05) is 0 Å². The predicted octanol–water partition coefficient (Wildman–Crippen LogP) is 0.852. The number of amides is 1. The van der Waals surface area contributed by atoms with Gasteiger partial charge in [-0.2, -0.15) is 10.1 Å². The van der Waals surface area contributed by atoms with Gasteiger partial charge in [-0.15, -0.1) is 0 Å². The molecule has 0 radical (unpaired) electrons. The van der Waals surface area contributed by atoms with Gasteiger partial charge < -0.3 is 0 Å².